The fraction of sp³-hybridized carbons (Fsp3) is 0.429. The lowest BCUT2D eigenvalue weighted by molar-refractivity contribution is 0.867. The van der Waals surface area contributed by atoms with Gasteiger partial charge in [0.2, 0.25) is 0 Å². The molecule has 0 saturated carbocycles. The van der Waals surface area contributed by atoms with Gasteiger partial charge < -0.3 is 5.73 Å². The van der Waals surface area contributed by atoms with E-state index >= 15 is 0 Å². The molecule has 2 N–H and O–H groups in total. The lowest BCUT2D eigenvalue weighted by Gasteiger charge is -1.99. The minimum absolute atomic E-state index is 0.00370. The number of nitrogens with two attached hydrogens (primary N) is 1. The number of nitrogens with zero attached hydrogens (tertiary/aromatic N) is 2. The second kappa shape index (κ2) is 3.67. The van der Waals surface area contributed by atoms with Gasteiger partial charge in [0, 0.05) is 9.60 Å². The molecule has 0 radical (unpaired) electrons. The Kier molecular flexibility index (Phi) is 1.00. The van der Waals surface area contributed by atoms with Crippen LogP contribution < -0.4 is 5.73 Å². The highest BCUT2D eigenvalue weighted by atomic mass is 79.9. The highest BCUT2D eigenvalue weighted by Crippen LogP contribution is 2.13. The Morgan fingerprint density at radius 1 is 1.91 bits per heavy atom. The van der Waals surface area contributed by atoms with Crippen LogP contribution in [0.5, 0.6) is 0 Å². The van der Waals surface area contributed by atoms with Gasteiger partial charge in [-0.2, -0.15) is 0 Å². The third-order valence-corrected chi connectivity index (χ3v) is 1.53. The van der Waals surface area contributed by atoms with E-state index in [1.165, 1.54) is 0 Å². The van der Waals surface area contributed by atoms with Crippen molar-refractivity contribution in [2.24, 2.45) is 0 Å². The summed E-state index contributed by atoms with van der Waals surface area (Å²) >= 11 is 2.93. The van der Waals surface area contributed by atoms with Gasteiger partial charge in [0.15, 0.2) is 5.82 Å². The number of anilines is 1. The van der Waals surface area contributed by atoms with Gasteiger partial charge in [0.1, 0.15) is 4.60 Å². The van der Waals surface area contributed by atoms with Crippen LogP contribution in [0.3, 0.4) is 0 Å². The fourth-order valence-corrected chi connectivity index (χ4v) is 0.794. The van der Waals surface area contributed by atoms with Crippen LogP contribution in [0.2, 0.25) is 0 Å². The molecule has 1 rings (SSSR count). The molecule has 1 aromatic rings. The lowest BCUT2D eigenvalue weighted by Crippen LogP contribution is -1.97. The lowest BCUT2D eigenvalue weighted by atomic mass is 10.3. The zero-order valence-corrected chi connectivity index (χ0v) is 7.01. The summed E-state index contributed by atoms with van der Waals surface area (Å²) in [5.41, 5.74) is 4.94. The molecule has 0 aliphatic rings. The van der Waals surface area contributed by atoms with E-state index in [9.17, 15) is 0 Å². The van der Waals surface area contributed by atoms with Crippen molar-refractivity contribution in [1.29, 1.82) is 0 Å². The molecule has 1 heterocycles. The number of aryl methyl sites for hydroxylation is 1. The Bertz CT molecular complexity index is 459. The SMILES string of the molecule is [2H]C([2H])([2H])C([2H])([2H])C([2H])([2H])c1cnc(N)c(Br)n1. The molecule has 0 bridgehead atoms. The van der Waals surface area contributed by atoms with Crippen molar-refractivity contribution in [2.45, 2.75) is 19.6 Å². The largest absolute Gasteiger partial charge is 0.381 e. The Morgan fingerprint density at radius 3 is 3.36 bits per heavy atom. The normalized spacial score (nSPS) is 23.2. The predicted molar refractivity (Wildman–Crippen MR) is 48.1 cm³/mol. The maximum absolute atomic E-state index is 7.66. The smallest absolute Gasteiger partial charge is 0.156 e. The summed E-state index contributed by atoms with van der Waals surface area (Å²) in [6.45, 7) is -3.13. The molecule has 0 saturated heterocycles. The van der Waals surface area contributed by atoms with Gasteiger partial charge >= 0.3 is 0 Å². The quantitative estimate of drug-likeness (QED) is 0.831. The molecule has 0 atom stereocenters. The van der Waals surface area contributed by atoms with Crippen molar-refractivity contribution in [3.8, 4) is 0 Å². The Balaban J connectivity index is 3.33. The molecular formula is C7H10BrN3. The summed E-state index contributed by atoms with van der Waals surface area (Å²) in [4.78, 5) is 7.31. The zero-order valence-electron chi connectivity index (χ0n) is 12.4. The fourth-order valence-electron chi connectivity index (χ4n) is 0.500. The number of hydrogen-bond acceptors (Lipinski definition) is 3. The van der Waals surface area contributed by atoms with E-state index in [1.54, 1.807) is 0 Å². The van der Waals surface area contributed by atoms with E-state index in [1.807, 2.05) is 0 Å². The molecule has 0 amide bonds. The van der Waals surface area contributed by atoms with Crippen molar-refractivity contribution in [2.75, 3.05) is 5.73 Å². The van der Waals surface area contributed by atoms with Crippen LogP contribution >= 0.6 is 15.9 Å². The van der Waals surface area contributed by atoms with Gasteiger partial charge in [-0.15, -0.1) is 0 Å². The van der Waals surface area contributed by atoms with Gasteiger partial charge in [-0.05, 0) is 22.3 Å². The van der Waals surface area contributed by atoms with Crippen LogP contribution in [0.15, 0.2) is 10.8 Å². The van der Waals surface area contributed by atoms with E-state index in [0.29, 0.717) is 0 Å². The monoisotopic (exact) mass is 222 g/mol. The van der Waals surface area contributed by atoms with Crippen LogP contribution in [0.25, 0.3) is 0 Å². The first-order chi connectivity index (χ1) is 7.91. The van der Waals surface area contributed by atoms with Crippen LogP contribution in [0.4, 0.5) is 5.82 Å². The minimum Gasteiger partial charge on any atom is -0.381 e. The summed E-state index contributed by atoms with van der Waals surface area (Å²) in [5.74, 6) is 0.00370. The predicted octanol–water partition coefficient (Wildman–Crippen LogP) is 1.77. The molecule has 11 heavy (non-hydrogen) atoms. The first kappa shape index (κ1) is 3.01. The molecular weight excluding hydrogens is 206 g/mol. The average Bonchev–Trinajstić information content (AvgIpc) is 2.20. The third kappa shape index (κ3) is 2.15. The minimum atomic E-state index is -3.13. The first-order valence-corrected chi connectivity index (χ1v) is 3.49. The van der Waals surface area contributed by atoms with Crippen molar-refractivity contribution in [1.82, 2.24) is 9.97 Å². The molecule has 60 valence electrons. The Hall–Kier alpha value is -0.640. The first-order valence-electron chi connectivity index (χ1n) is 6.20. The second-order valence-electron chi connectivity index (χ2n) is 1.68. The number of halogens is 1. The Morgan fingerprint density at radius 2 is 2.73 bits per heavy atom. The van der Waals surface area contributed by atoms with E-state index in [2.05, 4.69) is 25.9 Å². The summed E-state index contributed by atoms with van der Waals surface area (Å²) in [7, 11) is 0. The molecule has 0 aliphatic heterocycles. The van der Waals surface area contributed by atoms with Crippen LogP contribution in [-0.2, 0) is 6.37 Å². The molecule has 4 heteroatoms. The number of aromatic nitrogens is 2. The van der Waals surface area contributed by atoms with Crippen LogP contribution in [-0.4, -0.2) is 9.97 Å². The molecule has 0 aliphatic carbocycles. The van der Waals surface area contributed by atoms with Crippen LogP contribution in [0, 0.1) is 0 Å². The third-order valence-electron chi connectivity index (χ3n) is 0.946. The molecule has 0 unspecified atom stereocenters. The van der Waals surface area contributed by atoms with Gasteiger partial charge in [-0.3, -0.25) is 0 Å². The van der Waals surface area contributed by atoms with Gasteiger partial charge in [-0.1, -0.05) is 13.2 Å². The average molecular weight is 223 g/mol. The molecule has 0 aromatic carbocycles. The highest BCUT2D eigenvalue weighted by Gasteiger charge is 1.99. The van der Waals surface area contributed by atoms with Gasteiger partial charge in [0.25, 0.3) is 0 Å². The van der Waals surface area contributed by atoms with Gasteiger partial charge in [-0.25, -0.2) is 9.97 Å². The summed E-state index contributed by atoms with van der Waals surface area (Å²) in [6, 6.07) is 0. The van der Waals surface area contributed by atoms with Crippen molar-refractivity contribution < 1.29 is 9.60 Å². The topological polar surface area (TPSA) is 51.8 Å². The molecule has 0 spiro atoms. The second-order valence-corrected chi connectivity index (χ2v) is 2.43. The number of hydrogen-bond donors (Lipinski definition) is 1. The van der Waals surface area contributed by atoms with Gasteiger partial charge in [0.05, 0.1) is 11.9 Å². The number of rotatable bonds is 2. The molecule has 0 fully saturated rings. The summed E-state index contributed by atoms with van der Waals surface area (Å²) in [6.07, 6.45) is -5.02. The van der Waals surface area contributed by atoms with E-state index in [0.717, 1.165) is 6.20 Å². The van der Waals surface area contributed by atoms with Crippen LogP contribution in [0.1, 0.15) is 28.5 Å². The zero-order chi connectivity index (χ0) is 14.4. The van der Waals surface area contributed by atoms with E-state index in [-0.39, 0.29) is 10.4 Å². The van der Waals surface area contributed by atoms with Crippen molar-refractivity contribution in [3.05, 3.63) is 16.5 Å². The van der Waals surface area contributed by atoms with Crippen molar-refractivity contribution >= 4 is 21.7 Å². The summed E-state index contributed by atoms with van der Waals surface area (Å²) in [5, 5.41) is 0. The van der Waals surface area contributed by atoms with E-state index in [4.69, 9.17) is 15.3 Å². The standard InChI is InChI=1S/C7H10BrN3/c1-2-3-5-4-10-7(9)6(8)11-5/h4H,2-3H2,1H3,(H2,9,10)/i1D3,2D2,3D2. The maximum atomic E-state index is 7.66. The molecule has 3 nitrogen and oxygen atoms in total. The summed E-state index contributed by atoms with van der Waals surface area (Å²) < 4.78 is 51.5. The number of nitrogen functional groups attached to an aromatic ring is 1. The van der Waals surface area contributed by atoms with E-state index < -0.39 is 25.3 Å². The molecule has 1 aromatic heterocycles. The Labute approximate surface area is 84.0 Å². The highest BCUT2D eigenvalue weighted by molar-refractivity contribution is 9.10. The maximum Gasteiger partial charge on any atom is 0.156 e. The van der Waals surface area contributed by atoms with Crippen molar-refractivity contribution in [3.63, 3.8) is 0 Å².